The van der Waals surface area contributed by atoms with Gasteiger partial charge in [0.1, 0.15) is 0 Å². The van der Waals surface area contributed by atoms with Gasteiger partial charge in [0.15, 0.2) is 5.78 Å². The van der Waals surface area contributed by atoms with E-state index in [9.17, 15) is 14.4 Å². The summed E-state index contributed by atoms with van der Waals surface area (Å²) in [4.78, 5) is 37.3. The lowest BCUT2D eigenvalue weighted by Crippen LogP contribution is -2.23. The summed E-state index contributed by atoms with van der Waals surface area (Å²) in [6.45, 7) is -0.0320. The van der Waals surface area contributed by atoms with Crippen molar-refractivity contribution in [2.45, 2.75) is 4.90 Å². The van der Waals surface area contributed by atoms with E-state index in [1.807, 2.05) is 30.3 Å². The molecule has 0 aromatic heterocycles. The second-order valence-corrected chi connectivity index (χ2v) is 7.99. The van der Waals surface area contributed by atoms with Crippen LogP contribution < -0.4 is 16.4 Å². The number of ketones is 1. The zero-order valence-corrected chi connectivity index (χ0v) is 18.0. The highest BCUT2D eigenvalue weighted by molar-refractivity contribution is 8.00. The van der Waals surface area contributed by atoms with Gasteiger partial charge in [-0.15, -0.1) is 11.8 Å². The summed E-state index contributed by atoms with van der Waals surface area (Å²) < 4.78 is 0. The van der Waals surface area contributed by atoms with E-state index in [0.717, 1.165) is 4.90 Å². The first-order chi connectivity index (χ1) is 14.9. The van der Waals surface area contributed by atoms with Gasteiger partial charge in [0, 0.05) is 26.7 Å². The minimum Gasteiger partial charge on any atom is -0.375 e. The van der Waals surface area contributed by atoms with Crippen LogP contribution in [0.3, 0.4) is 0 Å². The predicted molar refractivity (Wildman–Crippen MR) is 125 cm³/mol. The lowest BCUT2D eigenvalue weighted by Gasteiger charge is -2.13. The molecule has 3 aromatic carbocycles. The van der Waals surface area contributed by atoms with Gasteiger partial charge in [-0.3, -0.25) is 14.4 Å². The summed E-state index contributed by atoms with van der Waals surface area (Å²) >= 11 is 7.37. The fourth-order valence-electron chi connectivity index (χ4n) is 2.82. The van der Waals surface area contributed by atoms with E-state index >= 15 is 0 Å². The predicted octanol–water partition coefficient (Wildman–Crippen LogP) is 4.20. The Morgan fingerprint density at radius 2 is 1.61 bits per heavy atom. The van der Waals surface area contributed by atoms with Crippen LogP contribution in [0, 0.1) is 0 Å². The zero-order chi connectivity index (χ0) is 22.2. The van der Waals surface area contributed by atoms with Gasteiger partial charge in [-0.1, -0.05) is 54.1 Å². The second kappa shape index (κ2) is 10.7. The number of rotatable bonds is 9. The molecule has 8 heteroatoms. The van der Waals surface area contributed by atoms with Crippen LogP contribution in [0.2, 0.25) is 5.02 Å². The number of carbonyl (C=O) groups is 3. The Morgan fingerprint density at radius 3 is 2.35 bits per heavy atom. The van der Waals surface area contributed by atoms with Crippen LogP contribution in [0.25, 0.3) is 0 Å². The number of hydrogen-bond donors (Lipinski definition) is 3. The van der Waals surface area contributed by atoms with Gasteiger partial charge in [0.2, 0.25) is 11.8 Å². The second-order valence-electron chi connectivity index (χ2n) is 6.54. The number of amides is 2. The van der Waals surface area contributed by atoms with E-state index in [-0.39, 0.29) is 24.0 Å². The van der Waals surface area contributed by atoms with Crippen molar-refractivity contribution in [2.75, 3.05) is 22.9 Å². The molecule has 2 amide bonds. The molecule has 6 nitrogen and oxygen atoms in total. The molecule has 0 radical (unpaired) electrons. The number of nitrogens with two attached hydrogens (primary N) is 1. The van der Waals surface area contributed by atoms with Crippen LogP contribution >= 0.6 is 23.4 Å². The molecule has 0 fully saturated rings. The van der Waals surface area contributed by atoms with Crippen molar-refractivity contribution >= 4 is 52.3 Å². The largest absolute Gasteiger partial charge is 0.375 e. The van der Waals surface area contributed by atoms with Gasteiger partial charge in [0.25, 0.3) is 0 Å². The molecule has 0 heterocycles. The molecule has 31 heavy (non-hydrogen) atoms. The Labute approximate surface area is 189 Å². The Kier molecular flexibility index (Phi) is 7.70. The van der Waals surface area contributed by atoms with Crippen molar-refractivity contribution in [3.63, 3.8) is 0 Å². The highest BCUT2D eigenvalue weighted by Gasteiger charge is 2.16. The quantitative estimate of drug-likeness (QED) is 0.333. The third kappa shape index (κ3) is 6.34. The van der Waals surface area contributed by atoms with Crippen molar-refractivity contribution in [3.05, 3.63) is 88.9 Å². The fraction of sp³-hybridized carbons (Fsp3) is 0.0870. The SMILES string of the molecule is NC(=O)CSc1ccccc1NCC(=O)Nc1ccc(Cl)cc1C(=O)c1ccccc1. The Balaban J connectivity index is 1.71. The van der Waals surface area contributed by atoms with E-state index in [2.05, 4.69) is 10.6 Å². The maximum absolute atomic E-state index is 12.9. The third-order valence-electron chi connectivity index (χ3n) is 4.23. The minimum atomic E-state index is -0.420. The summed E-state index contributed by atoms with van der Waals surface area (Å²) in [6, 6.07) is 20.8. The van der Waals surface area contributed by atoms with E-state index in [1.165, 1.54) is 17.8 Å². The fourth-order valence-corrected chi connectivity index (χ4v) is 3.76. The molecule has 3 rings (SSSR count). The first-order valence-electron chi connectivity index (χ1n) is 9.37. The van der Waals surface area contributed by atoms with Gasteiger partial charge in [-0.05, 0) is 30.3 Å². The van der Waals surface area contributed by atoms with Crippen LogP contribution in [-0.4, -0.2) is 29.9 Å². The molecule has 0 bridgehead atoms. The number of anilines is 2. The monoisotopic (exact) mass is 453 g/mol. The number of para-hydroxylation sites is 1. The van der Waals surface area contributed by atoms with Crippen molar-refractivity contribution in [2.24, 2.45) is 5.73 Å². The maximum atomic E-state index is 12.9. The van der Waals surface area contributed by atoms with Gasteiger partial charge in [-0.25, -0.2) is 0 Å². The van der Waals surface area contributed by atoms with E-state index < -0.39 is 5.91 Å². The summed E-state index contributed by atoms with van der Waals surface area (Å²) in [6.07, 6.45) is 0. The van der Waals surface area contributed by atoms with Crippen LogP contribution in [0.4, 0.5) is 11.4 Å². The number of nitrogens with one attached hydrogen (secondary N) is 2. The number of carbonyl (C=O) groups excluding carboxylic acids is 3. The molecule has 158 valence electrons. The molecule has 0 atom stereocenters. The van der Waals surface area contributed by atoms with Crippen molar-refractivity contribution in [1.82, 2.24) is 0 Å². The minimum absolute atomic E-state index is 0.0320. The number of benzene rings is 3. The molecule has 0 spiro atoms. The smallest absolute Gasteiger partial charge is 0.243 e. The van der Waals surface area contributed by atoms with Gasteiger partial charge >= 0.3 is 0 Å². The molecule has 0 aliphatic rings. The lowest BCUT2D eigenvalue weighted by molar-refractivity contribution is -0.116. The van der Waals surface area contributed by atoms with Crippen molar-refractivity contribution in [3.8, 4) is 0 Å². The first kappa shape index (κ1) is 22.4. The Morgan fingerprint density at radius 1 is 0.903 bits per heavy atom. The molecular weight excluding hydrogens is 434 g/mol. The molecule has 4 N–H and O–H groups in total. The normalized spacial score (nSPS) is 10.4. The maximum Gasteiger partial charge on any atom is 0.243 e. The Bertz CT molecular complexity index is 1110. The van der Waals surface area contributed by atoms with Crippen LogP contribution in [0.15, 0.2) is 77.7 Å². The number of hydrogen-bond acceptors (Lipinski definition) is 5. The summed E-state index contributed by atoms with van der Waals surface area (Å²) in [5.74, 6) is -0.852. The van der Waals surface area contributed by atoms with E-state index in [4.69, 9.17) is 17.3 Å². The van der Waals surface area contributed by atoms with E-state index in [0.29, 0.717) is 27.5 Å². The van der Waals surface area contributed by atoms with Gasteiger partial charge in [0.05, 0.1) is 18.0 Å². The topological polar surface area (TPSA) is 101 Å². The summed E-state index contributed by atoms with van der Waals surface area (Å²) in [5, 5.41) is 6.22. The molecule has 0 saturated heterocycles. The Hall–Kier alpha value is -3.29. The molecule has 3 aromatic rings. The average molecular weight is 454 g/mol. The lowest BCUT2D eigenvalue weighted by atomic mass is 10.0. The molecule has 0 saturated carbocycles. The molecule has 0 unspecified atom stereocenters. The summed E-state index contributed by atoms with van der Waals surface area (Å²) in [5.41, 5.74) is 7.10. The highest BCUT2D eigenvalue weighted by Crippen LogP contribution is 2.27. The van der Waals surface area contributed by atoms with E-state index in [1.54, 1.807) is 36.4 Å². The number of primary amides is 1. The standard InChI is InChI=1S/C23H20ClN3O3S/c24-16-10-11-18(17(12-16)23(30)15-6-2-1-3-7-15)27-22(29)13-26-19-8-4-5-9-20(19)31-14-21(25)28/h1-12,26H,13-14H2,(H2,25,28)(H,27,29). The van der Waals surface area contributed by atoms with Gasteiger partial charge < -0.3 is 16.4 Å². The van der Waals surface area contributed by atoms with Gasteiger partial charge in [-0.2, -0.15) is 0 Å². The highest BCUT2D eigenvalue weighted by atomic mass is 35.5. The number of thioether (sulfide) groups is 1. The van der Waals surface area contributed by atoms with Crippen molar-refractivity contribution in [1.29, 1.82) is 0 Å². The third-order valence-corrected chi connectivity index (χ3v) is 5.56. The number of halogens is 1. The molecule has 0 aliphatic heterocycles. The molecule has 0 aliphatic carbocycles. The van der Waals surface area contributed by atoms with Crippen LogP contribution in [0.5, 0.6) is 0 Å². The molecular formula is C23H20ClN3O3S. The van der Waals surface area contributed by atoms with Crippen LogP contribution in [0.1, 0.15) is 15.9 Å². The zero-order valence-electron chi connectivity index (χ0n) is 16.4. The van der Waals surface area contributed by atoms with Crippen molar-refractivity contribution < 1.29 is 14.4 Å². The summed E-state index contributed by atoms with van der Waals surface area (Å²) in [7, 11) is 0. The first-order valence-corrected chi connectivity index (χ1v) is 10.7. The average Bonchev–Trinajstić information content (AvgIpc) is 2.78. The van der Waals surface area contributed by atoms with Crippen LogP contribution in [-0.2, 0) is 9.59 Å².